The quantitative estimate of drug-likeness (QED) is 0.719. The van der Waals surface area contributed by atoms with E-state index in [1.54, 1.807) is 25.1 Å². The van der Waals surface area contributed by atoms with Gasteiger partial charge in [-0.3, -0.25) is 4.79 Å². The summed E-state index contributed by atoms with van der Waals surface area (Å²) in [5.41, 5.74) is 1.77. The normalized spacial score (nSPS) is 13.5. The molecule has 1 aromatic carbocycles. The van der Waals surface area contributed by atoms with Crippen LogP contribution in [-0.2, 0) is 4.79 Å². The van der Waals surface area contributed by atoms with E-state index in [1.807, 2.05) is 6.07 Å². The summed E-state index contributed by atoms with van der Waals surface area (Å²) >= 11 is 0. The summed E-state index contributed by atoms with van der Waals surface area (Å²) in [4.78, 5) is 10.7. The topological polar surface area (TPSA) is 93.3 Å². The van der Waals surface area contributed by atoms with E-state index in [0.29, 0.717) is 11.1 Å². The fourth-order valence-electron chi connectivity index (χ4n) is 1.64. The lowest BCUT2D eigenvalue weighted by atomic mass is 9.97. The van der Waals surface area contributed by atoms with Crippen LogP contribution < -0.4 is 5.32 Å². The largest absolute Gasteiger partial charge is 0.388 e. The Bertz CT molecular complexity index is 480. The summed E-state index contributed by atoms with van der Waals surface area (Å²) < 4.78 is 0. The van der Waals surface area contributed by atoms with Gasteiger partial charge in [0, 0.05) is 13.5 Å². The van der Waals surface area contributed by atoms with E-state index in [0.717, 1.165) is 5.56 Å². The summed E-state index contributed by atoms with van der Waals surface area (Å²) in [6.45, 7) is 3.08. The van der Waals surface area contributed by atoms with Gasteiger partial charge in [-0.05, 0) is 30.2 Å². The van der Waals surface area contributed by atoms with Gasteiger partial charge in [0.1, 0.15) is 12.2 Å². The van der Waals surface area contributed by atoms with Crippen molar-refractivity contribution in [2.75, 3.05) is 6.54 Å². The summed E-state index contributed by atoms with van der Waals surface area (Å²) in [6.07, 6.45) is -2.18. The van der Waals surface area contributed by atoms with Crippen molar-refractivity contribution in [1.82, 2.24) is 5.32 Å². The highest BCUT2D eigenvalue weighted by Crippen LogP contribution is 2.21. The number of rotatable bonds is 4. The molecule has 3 N–H and O–H groups in total. The number of benzene rings is 1. The van der Waals surface area contributed by atoms with Gasteiger partial charge in [0.25, 0.3) is 0 Å². The first-order chi connectivity index (χ1) is 8.45. The van der Waals surface area contributed by atoms with Crippen LogP contribution in [0, 0.1) is 18.3 Å². The third kappa shape index (κ3) is 3.55. The molecule has 1 rings (SSSR count). The number of aliphatic hydroxyl groups excluding tert-OH is 2. The standard InChI is InChI=1S/C13H16N2O3/c1-8-5-10(6-14)3-4-11(8)13(18)12(17)7-15-9(2)16/h3-5,12-13,17-18H,7H2,1-2H3,(H,15,16). The number of hydrogen-bond donors (Lipinski definition) is 3. The number of carbonyl (C=O) groups is 1. The monoisotopic (exact) mass is 248 g/mol. The second-order valence-electron chi connectivity index (χ2n) is 4.13. The number of hydrogen-bond acceptors (Lipinski definition) is 4. The number of nitriles is 1. The minimum Gasteiger partial charge on any atom is -0.388 e. The highest BCUT2D eigenvalue weighted by molar-refractivity contribution is 5.72. The second kappa shape index (κ2) is 6.15. The molecule has 0 aromatic heterocycles. The molecular weight excluding hydrogens is 232 g/mol. The van der Waals surface area contributed by atoms with Crippen LogP contribution in [-0.4, -0.2) is 28.8 Å². The highest BCUT2D eigenvalue weighted by Gasteiger charge is 2.20. The fourth-order valence-corrected chi connectivity index (χ4v) is 1.64. The van der Waals surface area contributed by atoms with Crippen LogP contribution in [0.5, 0.6) is 0 Å². The zero-order valence-corrected chi connectivity index (χ0v) is 10.3. The Labute approximate surface area is 106 Å². The van der Waals surface area contributed by atoms with Crippen molar-refractivity contribution in [2.24, 2.45) is 0 Å². The van der Waals surface area contributed by atoms with Gasteiger partial charge in [-0.15, -0.1) is 0 Å². The van der Waals surface area contributed by atoms with E-state index in [4.69, 9.17) is 5.26 Å². The number of aryl methyl sites for hydroxylation is 1. The van der Waals surface area contributed by atoms with Crippen molar-refractivity contribution < 1.29 is 15.0 Å². The molecule has 2 atom stereocenters. The third-order valence-corrected chi connectivity index (χ3v) is 2.64. The Kier molecular flexibility index (Phi) is 4.84. The Morgan fingerprint density at radius 1 is 1.50 bits per heavy atom. The summed E-state index contributed by atoms with van der Waals surface area (Å²) in [7, 11) is 0. The average Bonchev–Trinajstić information content (AvgIpc) is 2.34. The maximum atomic E-state index is 10.7. The molecule has 0 spiro atoms. The molecule has 0 saturated heterocycles. The molecule has 0 saturated carbocycles. The van der Waals surface area contributed by atoms with Gasteiger partial charge < -0.3 is 15.5 Å². The van der Waals surface area contributed by atoms with Gasteiger partial charge in [0.05, 0.1) is 11.6 Å². The molecule has 0 fully saturated rings. The lowest BCUT2D eigenvalue weighted by Crippen LogP contribution is -2.34. The molecule has 0 bridgehead atoms. The van der Waals surface area contributed by atoms with Crippen LogP contribution in [0.25, 0.3) is 0 Å². The molecule has 96 valence electrons. The van der Waals surface area contributed by atoms with Gasteiger partial charge in [-0.1, -0.05) is 6.07 Å². The molecule has 2 unspecified atom stereocenters. The zero-order chi connectivity index (χ0) is 13.7. The van der Waals surface area contributed by atoms with Gasteiger partial charge in [-0.25, -0.2) is 0 Å². The van der Waals surface area contributed by atoms with Crippen LogP contribution in [0.1, 0.15) is 29.7 Å². The molecule has 18 heavy (non-hydrogen) atoms. The number of amides is 1. The minimum atomic E-state index is -1.09. The van der Waals surface area contributed by atoms with Gasteiger partial charge >= 0.3 is 0 Å². The first-order valence-electron chi connectivity index (χ1n) is 5.57. The molecular formula is C13H16N2O3. The Balaban J connectivity index is 2.80. The molecule has 0 radical (unpaired) electrons. The van der Waals surface area contributed by atoms with E-state index in [1.165, 1.54) is 6.92 Å². The number of aliphatic hydroxyl groups is 2. The zero-order valence-electron chi connectivity index (χ0n) is 10.3. The van der Waals surface area contributed by atoms with E-state index in [9.17, 15) is 15.0 Å². The second-order valence-corrected chi connectivity index (χ2v) is 4.13. The van der Waals surface area contributed by atoms with Crippen molar-refractivity contribution in [1.29, 1.82) is 5.26 Å². The highest BCUT2D eigenvalue weighted by atomic mass is 16.3. The number of carbonyl (C=O) groups excluding carboxylic acids is 1. The van der Waals surface area contributed by atoms with E-state index in [2.05, 4.69) is 5.32 Å². The Hall–Kier alpha value is -1.90. The molecule has 5 heteroatoms. The predicted molar refractivity (Wildman–Crippen MR) is 65.5 cm³/mol. The lowest BCUT2D eigenvalue weighted by molar-refractivity contribution is -0.119. The lowest BCUT2D eigenvalue weighted by Gasteiger charge is -2.20. The first kappa shape index (κ1) is 14.2. The first-order valence-corrected chi connectivity index (χ1v) is 5.57. The molecule has 0 heterocycles. The SMILES string of the molecule is CC(=O)NCC(O)C(O)c1ccc(C#N)cc1C. The summed E-state index contributed by atoms with van der Waals surface area (Å²) in [6, 6.07) is 6.83. The van der Waals surface area contributed by atoms with Crippen LogP contribution in [0.4, 0.5) is 0 Å². The maximum Gasteiger partial charge on any atom is 0.216 e. The molecule has 0 aliphatic carbocycles. The fraction of sp³-hybridized carbons (Fsp3) is 0.385. The van der Waals surface area contributed by atoms with Crippen molar-refractivity contribution in [2.45, 2.75) is 26.1 Å². The Morgan fingerprint density at radius 2 is 2.17 bits per heavy atom. The van der Waals surface area contributed by atoms with E-state index in [-0.39, 0.29) is 12.5 Å². The predicted octanol–water partition coefficient (Wildman–Crippen LogP) is 0.397. The minimum absolute atomic E-state index is 0.0179. The molecule has 0 aliphatic rings. The summed E-state index contributed by atoms with van der Waals surface area (Å²) in [5, 5.41) is 30.9. The van der Waals surface area contributed by atoms with Gasteiger partial charge in [0.2, 0.25) is 5.91 Å². The van der Waals surface area contributed by atoms with Crippen molar-refractivity contribution in [3.63, 3.8) is 0 Å². The number of nitrogens with zero attached hydrogens (tertiary/aromatic N) is 1. The molecule has 1 aromatic rings. The van der Waals surface area contributed by atoms with Crippen LogP contribution in [0.3, 0.4) is 0 Å². The van der Waals surface area contributed by atoms with Gasteiger partial charge in [0.15, 0.2) is 0 Å². The number of nitrogens with one attached hydrogen (secondary N) is 1. The van der Waals surface area contributed by atoms with Crippen LogP contribution in [0.15, 0.2) is 18.2 Å². The molecule has 1 amide bonds. The van der Waals surface area contributed by atoms with Gasteiger partial charge in [-0.2, -0.15) is 5.26 Å². The third-order valence-electron chi connectivity index (χ3n) is 2.64. The van der Waals surface area contributed by atoms with E-state index < -0.39 is 12.2 Å². The van der Waals surface area contributed by atoms with Crippen molar-refractivity contribution in [3.8, 4) is 6.07 Å². The Morgan fingerprint density at radius 3 is 2.67 bits per heavy atom. The van der Waals surface area contributed by atoms with Crippen LogP contribution >= 0.6 is 0 Å². The average molecular weight is 248 g/mol. The van der Waals surface area contributed by atoms with Crippen molar-refractivity contribution in [3.05, 3.63) is 34.9 Å². The smallest absolute Gasteiger partial charge is 0.216 e. The van der Waals surface area contributed by atoms with E-state index >= 15 is 0 Å². The molecule has 5 nitrogen and oxygen atoms in total. The van der Waals surface area contributed by atoms with Crippen molar-refractivity contribution >= 4 is 5.91 Å². The maximum absolute atomic E-state index is 10.7. The molecule has 0 aliphatic heterocycles. The van der Waals surface area contributed by atoms with Crippen LogP contribution in [0.2, 0.25) is 0 Å². The summed E-state index contributed by atoms with van der Waals surface area (Å²) in [5.74, 6) is -0.266.